The lowest BCUT2D eigenvalue weighted by Gasteiger charge is -2.33. The molecule has 1 saturated heterocycles. The monoisotopic (exact) mass is 416 g/mol. The molecule has 1 aliphatic rings. The fraction of sp³-hybridized carbons (Fsp3) is 1.00. The molecule has 0 amide bonds. The molecular weight excluding hydrogens is 376 g/mol. The van der Waals surface area contributed by atoms with Crippen LogP contribution >= 0.6 is 47.0 Å². The van der Waals surface area contributed by atoms with Crippen LogP contribution in [-0.4, -0.2) is 51.2 Å². The molecule has 3 unspecified atom stereocenters. The fourth-order valence-electron chi connectivity index (χ4n) is 1.54. The maximum atomic E-state index is 5.79. The van der Waals surface area contributed by atoms with Crippen LogP contribution in [0.1, 0.15) is 61.8 Å². The van der Waals surface area contributed by atoms with Gasteiger partial charge < -0.3 is 9.47 Å². The molecule has 1 fully saturated rings. The molecule has 0 saturated carbocycles. The molecule has 0 aliphatic carbocycles. The second-order valence-electron chi connectivity index (χ2n) is 5.11. The molecule has 0 N–H and O–H groups in total. The Hall–Kier alpha value is 1.32. The molecule has 0 aromatic rings. The summed E-state index contributed by atoms with van der Waals surface area (Å²) < 4.78 is 13.2. The second-order valence-corrected chi connectivity index (χ2v) is 11.5. The van der Waals surface area contributed by atoms with E-state index in [1.807, 2.05) is 37.4 Å². The number of hydrogen-bond acceptors (Lipinski definition) is 6. The minimum atomic E-state index is 0.324. The molecular formula is C18H40O2S4. The van der Waals surface area contributed by atoms with Crippen LogP contribution in [-0.2, 0) is 9.47 Å². The van der Waals surface area contributed by atoms with E-state index < -0.39 is 0 Å². The van der Waals surface area contributed by atoms with Crippen molar-refractivity contribution in [3.05, 3.63) is 0 Å². The van der Waals surface area contributed by atoms with E-state index in [9.17, 15) is 0 Å². The Morgan fingerprint density at radius 2 is 1.38 bits per heavy atom. The van der Waals surface area contributed by atoms with Crippen molar-refractivity contribution >= 4 is 47.0 Å². The standard InChI is InChI=1S/C13H26O2S4.C3H8.C2H6/c1-5-14-7-11-17-12(8-15-10(3)4)19-13(18-11)9-16-6-2;1-3-2;1-2/h10-13H,5-9H2,1-4H3;3H2,1-2H3;1-2H3. The Labute approximate surface area is 169 Å². The summed E-state index contributed by atoms with van der Waals surface area (Å²) in [6.07, 6.45) is 1.57. The van der Waals surface area contributed by atoms with E-state index >= 15 is 0 Å². The molecule has 1 aliphatic heterocycles. The lowest BCUT2D eigenvalue weighted by molar-refractivity contribution is 0.0886. The molecule has 1 rings (SSSR count). The highest BCUT2D eigenvalue weighted by atomic mass is 32.3. The van der Waals surface area contributed by atoms with Crippen molar-refractivity contribution in [1.82, 2.24) is 0 Å². The fourth-order valence-corrected chi connectivity index (χ4v) is 8.67. The van der Waals surface area contributed by atoms with Crippen molar-refractivity contribution in [3.63, 3.8) is 0 Å². The van der Waals surface area contributed by atoms with E-state index in [1.165, 1.54) is 17.9 Å². The second kappa shape index (κ2) is 20.6. The predicted octanol–water partition coefficient (Wildman–Crippen LogP) is 6.84. The van der Waals surface area contributed by atoms with Crippen molar-refractivity contribution < 1.29 is 9.47 Å². The third-order valence-electron chi connectivity index (χ3n) is 2.39. The molecule has 0 aromatic carbocycles. The maximum Gasteiger partial charge on any atom is 0.0759 e. The molecule has 0 aromatic heterocycles. The summed E-state index contributed by atoms with van der Waals surface area (Å²) in [6, 6.07) is 0. The molecule has 24 heavy (non-hydrogen) atoms. The maximum absolute atomic E-state index is 5.79. The normalized spacial score (nSPS) is 23.1. The molecule has 0 spiro atoms. The largest absolute Gasteiger partial charge is 0.380 e. The summed E-state index contributed by atoms with van der Waals surface area (Å²) in [4.78, 5) is 0. The number of thioether (sulfide) groups is 4. The molecule has 0 bridgehead atoms. The highest BCUT2D eigenvalue weighted by Gasteiger charge is 2.30. The Balaban J connectivity index is 0. The first-order valence-corrected chi connectivity index (χ1v) is 13.3. The van der Waals surface area contributed by atoms with Crippen LogP contribution in [0.4, 0.5) is 0 Å². The molecule has 6 heteroatoms. The van der Waals surface area contributed by atoms with Gasteiger partial charge >= 0.3 is 0 Å². The Morgan fingerprint density at radius 1 is 0.875 bits per heavy atom. The minimum Gasteiger partial charge on any atom is -0.380 e. The minimum absolute atomic E-state index is 0.324. The average Bonchev–Trinajstić information content (AvgIpc) is 2.58. The summed E-state index contributed by atoms with van der Waals surface area (Å²) in [5, 5.41) is 0. The summed E-state index contributed by atoms with van der Waals surface area (Å²) in [5.41, 5.74) is 0. The summed E-state index contributed by atoms with van der Waals surface area (Å²) in [6.45, 7) is 19.3. The van der Waals surface area contributed by atoms with Gasteiger partial charge in [-0.2, -0.15) is 11.8 Å². The van der Waals surface area contributed by atoms with E-state index in [0.29, 0.717) is 19.8 Å². The van der Waals surface area contributed by atoms with Gasteiger partial charge in [0.25, 0.3) is 0 Å². The van der Waals surface area contributed by atoms with Crippen molar-refractivity contribution in [2.45, 2.75) is 81.7 Å². The van der Waals surface area contributed by atoms with Gasteiger partial charge in [-0.25, -0.2) is 0 Å². The van der Waals surface area contributed by atoms with Crippen molar-refractivity contribution in [2.75, 3.05) is 31.3 Å². The molecule has 3 atom stereocenters. The number of rotatable bonds is 9. The van der Waals surface area contributed by atoms with Gasteiger partial charge in [0.05, 0.1) is 33.1 Å². The van der Waals surface area contributed by atoms with Gasteiger partial charge in [-0.05, 0) is 26.5 Å². The smallest absolute Gasteiger partial charge is 0.0759 e. The highest BCUT2D eigenvalue weighted by Crippen LogP contribution is 2.48. The van der Waals surface area contributed by atoms with Crippen LogP contribution < -0.4 is 0 Å². The van der Waals surface area contributed by atoms with Crippen LogP contribution in [0.2, 0.25) is 0 Å². The first-order chi connectivity index (χ1) is 11.6. The van der Waals surface area contributed by atoms with Gasteiger partial charge in [0.15, 0.2) is 0 Å². The zero-order valence-electron chi connectivity index (χ0n) is 17.0. The van der Waals surface area contributed by atoms with Crippen molar-refractivity contribution in [2.24, 2.45) is 0 Å². The zero-order valence-corrected chi connectivity index (χ0v) is 20.3. The van der Waals surface area contributed by atoms with Gasteiger partial charge in [-0.3, -0.25) is 0 Å². The van der Waals surface area contributed by atoms with E-state index in [4.69, 9.17) is 9.47 Å². The third kappa shape index (κ3) is 16.8. The van der Waals surface area contributed by atoms with E-state index in [0.717, 1.165) is 19.8 Å². The Kier molecular flexibility index (Phi) is 23.7. The van der Waals surface area contributed by atoms with Crippen LogP contribution in [0.3, 0.4) is 0 Å². The molecule has 0 radical (unpaired) electrons. The van der Waals surface area contributed by atoms with Gasteiger partial charge in [0, 0.05) is 12.4 Å². The van der Waals surface area contributed by atoms with Gasteiger partial charge in [-0.1, -0.05) is 41.0 Å². The number of hydrogen-bond donors (Lipinski definition) is 0. The van der Waals surface area contributed by atoms with Gasteiger partial charge in [-0.15, -0.1) is 35.3 Å². The Morgan fingerprint density at radius 3 is 1.83 bits per heavy atom. The Bertz CT molecular complexity index is 227. The highest BCUT2D eigenvalue weighted by molar-refractivity contribution is 8.34. The van der Waals surface area contributed by atoms with Gasteiger partial charge in [0.2, 0.25) is 0 Å². The van der Waals surface area contributed by atoms with Gasteiger partial charge in [0.1, 0.15) is 0 Å². The van der Waals surface area contributed by atoms with Crippen LogP contribution in [0.5, 0.6) is 0 Å². The van der Waals surface area contributed by atoms with E-state index in [-0.39, 0.29) is 0 Å². The first-order valence-electron chi connectivity index (χ1n) is 9.30. The average molecular weight is 417 g/mol. The topological polar surface area (TPSA) is 18.5 Å². The summed E-state index contributed by atoms with van der Waals surface area (Å²) >= 11 is 8.20. The lowest BCUT2D eigenvalue weighted by atomic mass is 10.5. The number of ether oxygens (including phenoxy) is 2. The summed E-state index contributed by atoms with van der Waals surface area (Å²) in [5.74, 6) is 2.43. The molecule has 1 heterocycles. The molecule has 148 valence electrons. The first kappa shape index (κ1) is 27.5. The van der Waals surface area contributed by atoms with E-state index in [2.05, 4.69) is 65.1 Å². The van der Waals surface area contributed by atoms with Crippen molar-refractivity contribution in [1.29, 1.82) is 0 Å². The quantitative estimate of drug-likeness (QED) is 0.407. The third-order valence-corrected chi connectivity index (χ3v) is 8.49. The predicted molar refractivity (Wildman–Crippen MR) is 122 cm³/mol. The lowest BCUT2D eigenvalue weighted by Crippen LogP contribution is -2.26. The van der Waals surface area contributed by atoms with Crippen LogP contribution in [0, 0.1) is 0 Å². The van der Waals surface area contributed by atoms with Crippen LogP contribution in [0.25, 0.3) is 0 Å². The summed E-state index contributed by atoms with van der Waals surface area (Å²) in [7, 11) is 0. The van der Waals surface area contributed by atoms with Crippen LogP contribution in [0.15, 0.2) is 0 Å². The SMILES string of the molecule is CC.CCC.CCOCC1SC(COC(C)C)SC(CSCC)S1. The molecule has 2 nitrogen and oxygen atoms in total. The zero-order chi connectivity index (χ0) is 18.8. The van der Waals surface area contributed by atoms with Crippen molar-refractivity contribution in [3.8, 4) is 0 Å². The van der Waals surface area contributed by atoms with E-state index in [1.54, 1.807) is 0 Å².